The van der Waals surface area contributed by atoms with Gasteiger partial charge in [-0.15, -0.1) is 0 Å². The lowest BCUT2D eigenvalue weighted by molar-refractivity contribution is -0.0549. The largest absolute Gasteiger partial charge is 0.465 e. The number of aryl methyl sites for hydroxylation is 1. The van der Waals surface area contributed by atoms with E-state index in [1.807, 2.05) is 6.92 Å². The quantitative estimate of drug-likeness (QED) is 0.459. The molecule has 1 amide bonds. The summed E-state index contributed by atoms with van der Waals surface area (Å²) in [6.07, 6.45) is 1.23. The van der Waals surface area contributed by atoms with E-state index in [1.54, 1.807) is 25.1 Å². The highest BCUT2D eigenvalue weighted by atomic mass is 32.2. The highest BCUT2D eigenvalue weighted by molar-refractivity contribution is 7.90. The van der Waals surface area contributed by atoms with Crippen molar-refractivity contribution in [3.63, 3.8) is 0 Å². The molecule has 9 nitrogen and oxygen atoms in total. The third kappa shape index (κ3) is 6.25. The highest BCUT2D eigenvalue weighted by Gasteiger charge is 2.16. The van der Waals surface area contributed by atoms with Crippen LogP contribution in [0.25, 0.3) is 0 Å². The second kappa shape index (κ2) is 10.1. The number of sulfone groups is 1. The van der Waals surface area contributed by atoms with Gasteiger partial charge >= 0.3 is 0 Å². The van der Waals surface area contributed by atoms with Crippen molar-refractivity contribution >= 4 is 32.4 Å². The number of carbonyl (C=O) groups excluding carboxylic acids is 1. The van der Waals surface area contributed by atoms with Gasteiger partial charge in [0.1, 0.15) is 23.1 Å². The summed E-state index contributed by atoms with van der Waals surface area (Å²) in [5, 5.41) is 3.08. The van der Waals surface area contributed by atoms with Gasteiger partial charge in [0, 0.05) is 42.9 Å². The van der Waals surface area contributed by atoms with Crippen LogP contribution in [0, 0.1) is 6.92 Å². The van der Waals surface area contributed by atoms with Crippen molar-refractivity contribution < 1.29 is 27.4 Å². The van der Waals surface area contributed by atoms with Crippen LogP contribution in [0.2, 0.25) is 0 Å². The van der Waals surface area contributed by atoms with Gasteiger partial charge in [0.05, 0.1) is 4.90 Å². The molecule has 11 heteroatoms. The van der Waals surface area contributed by atoms with Gasteiger partial charge < -0.3 is 14.2 Å². The Morgan fingerprint density at radius 1 is 1.12 bits per heavy atom. The number of hydrogen-bond donors (Lipinski definition) is 1. The van der Waals surface area contributed by atoms with E-state index in [-0.39, 0.29) is 10.5 Å². The molecule has 32 heavy (non-hydrogen) atoms. The first-order chi connectivity index (χ1) is 15.2. The third-order valence-corrected chi connectivity index (χ3v) is 6.09. The Kier molecular flexibility index (Phi) is 7.44. The lowest BCUT2D eigenvalue weighted by Crippen LogP contribution is -2.18. The molecule has 0 saturated carbocycles. The summed E-state index contributed by atoms with van der Waals surface area (Å²) in [5.41, 5.74) is 0.282. The minimum atomic E-state index is -3.32. The Morgan fingerprint density at radius 3 is 2.38 bits per heavy atom. The van der Waals surface area contributed by atoms with Gasteiger partial charge in [-0.3, -0.25) is 10.1 Å². The fourth-order valence-corrected chi connectivity index (χ4v) is 3.89. The van der Waals surface area contributed by atoms with Crippen LogP contribution < -0.4 is 14.8 Å². The molecule has 0 aliphatic rings. The van der Waals surface area contributed by atoms with Crippen molar-refractivity contribution in [1.29, 1.82) is 0 Å². The highest BCUT2D eigenvalue weighted by Crippen LogP contribution is 2.29. The molecule has 0 spiro atoms. The number of aromatic nitrogens is 2. The van der Waals surface area contributed by atoms with E-state index in [0.29, 0.717) is 34.6 Å². The van der Waals surface area contributed by atoms with E-state index in [0.717, 1.165) is 17.8 Å². The van der Waals surface area contributed by atoms with Crippen molar-refractivity contribution in [3.05, 3.63) is 53.9 Å². The molecule has 3 rings (SSSR count). The normalized spacial score (nSPS) is 12.2. The number of rotatable bonds is 9. The second-order valence-electron chi connectivity index (χ2n) is 6.83. The standard InChI is InChI=1S/C21H23N3O6S2/c1-5-19(28-3)30-17-11-14(20(25)23-21-22-13(2)24-31-21)10-16(12-17)29-15-6-8-18(9-7-15)32(4,26)27/h6-12,19H,5H2,1-4H3,(H,22,23,24,25). The zero-order valence-electron chi connectivity index (χ0n) is 18.0. The average Bonchev–Trinajstić information content (AvgIpc) is 3.16. The number of benzene rings is 2. The van der Waals surface area contributed by atoms with Gasteiger partial charge in [0.15, 0.2) is 16.1 Å². The zero-order valence-corrected chi connectivity index (χ0v) is 19.6. The van der Waals surface area contributed by atoms with Gasteiger partial charge in [-0.25, -0.2) is 13.4 Å². The molecular weight excluding hydrogens is 454 g/mol. The van der Waals surface area contributed by atoms with Crippen molar-refractivity contribution in [2.24, 2.45) is 0 Å². The maximum Gasteiger partial charge on any atom is 0.257 e. The molecule has 1 atom stereocenters. The average molecular weight is 478 g/mol. The van der Waals surface area contributed by atoms with Crippen LogP contribution in [0.15, 0.2) is 47.4 Å². The summed E-state index contributed by atoms with van der Waals surface area (Å²) in [4.78, 5) is 17.1. The van der Waals surface area contributed by atoms with Gasteiger partial charge in [-0.1, -0.05) is 6.92 Å². The maximum atomic E-state index is 12.8. The number of nitrogens with one attached hydrogen (secondary N) is 1. The van der Waals surface area contributed by atoms with Crippen LogP contribution in [0.4, 0.5) is 5.13 Å². The maximum absolute atomic E-state index is 12.8. The molecule has 3 aromatic rings. The van der Waals surface area contributed by atoms with E-state index in [4.69, 9.17) is 14.2 Å². The first kappa shape index (κ1) is 23.6. The fraction of sp³-hybridized carbons (Fsp3) is 0.286. The molecule has 0 aliphatic carbocycles. The molecular formula is C21H23N3O6S2. The Labute approximate surface area is 190 Å². The third-order valence-electron chi connectivity index (χ3n) is 4.24. The molecule has 0 saturated heterocycles. The van der Waals surface area contributed by atoms with Crippen LogP contribution in [0.3, 0.4) is 0 Å². The van der Waals surface area contributed by atoms with Crippen molar-refractivity contribution in [3.8, 4) is 17.2 Å². The monoisotopic (exact) mass is 477 g/mol. The molecule has 0 bridgehead atoms. The molecule has 2 aromatic carbocycles. The molecule has 1 N–H and O–H groups in total. The minimum Gasteiger partial charge on any atom is -0.465 e. The number of methoxy groups -OCH3 is 1. The van der Waals surface area contributed by atoms with Crippen LogP contribution >= 0.6 is 11.5 Å². The smallest absolute Gasteiger partial charge is 0.257 e. The van der Waals surface area contributed by atoms with Crippen LogP contribution in [-0.2, 0) is 14.6 Å². The number of nitrogens with zero attached hydrogens (tertiary/aromatic N) is 2. The number of carbonyl (C=O) groups is 1. The Balaban J connectivity index is 1.89. The van der Waals surface area contributed by atoms with Crippen molar-refractivity contribution in [2.45, 2.75) is 31.5 Å². The minimum absolute atomic E-state index is 0.181. The van der Waals surface area contributed by atoms with E-state index < -0.39 is 22.0 Å². The molecule has 170 valence electrons. The topological polar surface area (TPSA) is 117 Å². The predicted octanol–water partition coefficient (Wildman–Crippen LogP) is 4.06. The molecule has 1 aromatic heterocycles. The lowest BCUT2D eigenvalue weighted by Gasteiger charge is -2.17. The van der Waals surface area contributed by atoms with Gasteiger partial charge in [0.25, 0.3) is 5.91 Å². The van der Waals surface area contributed by atoms with E-state index in [9.17, 15) is 13.2 Å². The zero-order chi connectivity index (χ0) is 23.3. The summed E-state index contributed by atoms with van der Waals surface area (Å²) in [6.45, 7) is 3.64. The summed E-state index contributed by atoms with van der Waals surface area (Å²) in [5.74, 6) is 1.27. The second-order valence-corrected chi connectivity index (χ2v) is 9.60. The van der Waals surface area contributed by atoms with Crippen molar-refractivity contribution in [1.82, 2.24) is 9.36 Å². The van der Waals surface area contributed by atoms with Crippen LogP contribution in [0.1, 0.15) is 29.5 Å². The number of amides is 1. The van der Waals surface area contributed by atoms with Gasteiger partial charge in [-0.05, 0) is 43.3 Å². The fourth-order valence-electron chi connectivity index (χ4n) is 2.69. The lowest BCUT2D eigenvalue weighted by atomic mass is 10.2. The molecule has 0 fully saturated rings. The SMILES string of the molecule is CCC(OC)Oc1cc(Oc2ccc(S(C)(=O)=O)cc2)cc(C(=O)Nc2nc(C)ns2)c1. The molecule has 0 aliphatic heterocycles. The van der Waals surface area contributed by atoms with Crippen LogP contribution in [-0.4, -0.2) is 43.3 Å². The summed E-state index contributed by atoms with van der Waals surface area (Å²) in [6, 6.07) is 10.7. The summed E-state index contributed by atoms with van der Waals surface area (Å²) >= 11 is 1.08. The summed E-state index contributed by atoms with van der Waals surface area (Å²) in [7, 11) is -1.79. The number of ether oxygens (including phenoxy) is 3. The van der Waals surface area contributed by atoms with E-state index in [2.05, 4.69) is 14.7 Å². The number of hydrogen-bond acceptors (Lipinski definition) is 9. The number of anilines is 1. The first-order valence-electron chi connectivity index (χ1n) is 9.62. The first-order valence-corrected chi connectivity index (χ1v) is 12.3. The molecule has 1 unspecified atom stereocenters. The Bertz CT molecular complexity index is 1190. The molecule has 0 radical (unpaired) electrons. The summed E-state index contributed by atoms with van der Waals surface area (Å²) < 4.78 is 44.3. The molecule has 1 heterocycles. The van der Waals surface area contributed by atoms with Gasteiger partial charge in [-0.2, -0.15) is 4.37 Å². The predicted molar refractivity (Wildman–Crippen MR) is 120 cm³/mol. The van der Waals surface area contributed by atoms with E-state index >= 15 is 0 Å². The van der Waals surface area contributed by atoms with E-state index in [1.165, 1.54) is 31.4 Å². The van der Waals surface area contributed by atoms with Crippen LogP contribution in [0.5, 0.6) is 17.2 Å². The Morgan fingerprint density at radius 2 is 1.81 bits per heavy atom. The van der Waals surface area contributed by atoms with Crippen molar-refractivity contribution in [2.75, 3.05) is 18.7 Å². The Hall–Kier alpha value is -3.02. The van der Waals surface area contributed by atoms with Gasteiger partial charge in [0.2, 0.25) is 5.13 Å².